The van der Waals surface area contributed by atoms with Gasteiger partial charge in [0.15, 0.2) is 0 Å². The number of aromatic nitrogens is 4. The Bertz CT molecular complexity index is 1730. The molecule has 0 spiro atoms. The molecule has 2 aromatic heterocycles. The zero-order valence-corrected chi connectivity index (χ0v) is 22.4. The predicted octanol–water partition coefficient (Wildman–Crippen LogP) is 5.65. The van der Waals surface area contributed by atoms with E-state index in [-0.39, 0.29) is 5.91 Å². The summed E-state index contributed by atoms with van der Waals surface area (Å²) in [4.78, 5) is 13.8. The largest absolute Gasteiger partial charge is 0.411 e. The van der Waals surface area contributed by atoms with Crippen molar-refractivity contribution in [3.8, 4) is 5.69 Å². The summed E-state index contributed by atoms with van der Waals surface area (Å²) >= 11 is 6.62. The van der Waals surface area contributed by atoms with Crippen LogP contribution in [0.4, 0.5) is 0 Å². The first kappa shape index (κ1) is 24.9. The highest BCUT2D eigenvalue weighted by Crippen LogP contribution is 2.40. The molecule has 1 aliphatic heterocycles. The number of nitrogens with one attached hydrogen (secondary N) is 1. The van der Waals surface area contributed by atoms with Crippen LogP contribution in [0.5, 0.6) is 0 Å². The van der Waals surface area contributed by atoms with Gasteiger partial charge in [-0.2, -0.15) is 0 Å². The van der Waals surface area contributed by atoms with Crippen molar-refractivity contribution in [3.63, 3.8) is 0 Å². The third-order valence-electron chi connectivity index (χ3n) is 7.65. The van der Waals surface area contributed by atoms with Gasteiger partial charge in [-0.25, -0.2) is 0 Å². The second-order valence-corrected chi connectivity index (χ2v) is 10.5. The average Bonchev–Trinajstić information content (AvgIpc) is 3.59. The van der Waals surface area contributed by atoms with Gasteiger partial charge < -0.3 is 15.1 Å². The van der Waals surface area contributed by atoms with Gasteiger partial charge in [-0.1, -0.05) is 58.7 Å². The van der Waals surface area contributed by atoms with E-state index in [9.17, 15) is 10.0 Å². The molecule has 3 heterocycles. The van der Waals surface area contributed by atoms with Gasteiger partial charge in [0.2, 0.25) is 0 Å². The molecule has 9 heteroatoms. The van der Waals surface area contributed by atoms with Crippen LogP contribution in [-0.2, 0) is 18.5 Å². The van der Waals surface area contributed by atoms with Gasteiger partial charge in [0.1, 0.15) is 12.7 Å². The van der Waals surface area contributed by atoms with Crippen molar-refractivity contribution < 1.29 is 10.0 Å². The van der Waals surface area contributed by atoms with E-state index in [1.165, 1.54) is 0 Å². The summed E-state index contributed by atoms with van der Waals surface area (Å²) in [6, 6.07) is 21.7. The summed E-state index contributed by atoms with van der Waals surface area (Å²) in [7, 11) is 0. The number of rotatable bonds is 5. The Morgan fingerprint density at radius 1 is 1.08 bits per heavy atom. The number of halogens is 1. The maximum absolute atomic E-state index is 13.8. The second kappa shape index (κ2) is 9.71. The van der Waals surface area contributed by atoms with E-state index < -0.39 is 5.54 Å². The second-order valence-electron chi connectivity index (χ2n) is 10.0. The Balaban J connectivity index is 1.43. The molecule has 196 valence electrons. The number of hydrogen-bond acceptors (Lipinski definition) is 5. The monoisotopic (exact) mass is 538 g/mol. The number of aryl methyl sites for hydroxylation is 1. The van der Waals surface area contributed by atoms with Gasteiger partial charge in [-0.3, -0.25) is 9.36 Å². The number of nitrogens with zero attached hydrogens (tertiary/aromatic N) is 5. The molecule has 1 atom stereocenters. The molecule has 39 heavy (non-hydrogen) atoms. The number of amides is 1. The summed E-state index contributed by atoms with van der Waals surface area (Å²) in [6.45, 7) is 4.40. The van der Waals surface area contributed by atoms with Gasteiger partial charge >= 0.3 is 0 Å². The Labute approximate surface area is 230 Å². The molecule has 3 aromatic carbocycles. The first-order valence-corrected chi connectivity index (χ1v) is 13.1. The maximum Gasteiger partial charge on any atom is 0.253 e. The van der Waals surface area contributed by atoms with Crippen molar-refractivity contribution in [1.82, 2.24) is 24.6 Å². The fourth-order valence-corrected chi connectivity index (χ4v) is 5.99. The lowest BCUT2D eigenvalue weighted by Gasteiger charge is -2.40. The van der Waals surface area contributed by atoms with Gasteiger partial charge in [0.25, 0.3) is 5.91 Å². The Kier molecular flexibility index (Phi) is 6.19. The molecule has 5 aromatic rings. The van der Waals surface area contributed by atoms with Crippen molar-refractivity contribution in [1.29, 1.82) is 0 Å². The topological polar surface area (TPSA) is 97.3 Å². The van der Waals surface area contributed by atoms with Crippen LogP contribution in [-0.4, -0.2) is 36.2 Å². The first-order chi connectivity index (χ1) is 18.9. The molecule has 2 N–H and O–H groups in total. The minimum atomic E-state index is -0.681. The van der Waals surface area contributed by atoms with Crippen LogP contribution in [0.25, 0.3) is 16.6 Å². The Morgan fingerprint density at radius 2 is 1.85 bits per heavy atom. The zero-order chi connectivity index (χ0) is 27.1. The van der Waals surface area contributed by atoms with Gasteiger partial charge in [-0.05, 0) is 62.6 Å². The summed E-state index contributed by atoms with van der Waals surface area (Å²) in [5.74, 6) is -0.247. The highest BCUT2D eigenvalue weighted by atomic mass is 35.5. The van der Waals surface area contributed by atoms with Gasteiger partial charge in [-0.15, -0.1) is 10.2 Å². The highest BCUT2D eigenvalue weighted by Gasteiger charge is 2.40. The molecule has 1 unspecified atom stereocenters. The number of fused-ring (bicyclic) bond motifs is 3. The van der Waals surface area contributed by atoms with Crippen molar-refractivity contribution in [2.75, 3.05) is 0 Å². The average molecular weight is 539 g/mol. The van der Waals surface area contributed by atoms with Gasteiger partial charge in [0, 0.05) is 27.8 Å². The molecular formula is C30H27ClN6O2. The first-order valence-electron chi connectivity index (χ1n) is 12.7. The van der Waals surface area contributed by atoms with E-state index in [1.54, 1.807) is 29.4 Å². The number of carbonyl (C=O) groups excluding carboxylic acids is 1. The predicted molar refractivity (Wildman–Crippen MR) is 151 cm³/mol. The van der Waals surface area contributed by atoms with Crippen LogP contribution < -0.4 is 5.32 Å². The van der Waals surface area contributed by atoms with Crippen LogP contribution in [0.15, 0.2) is 84.5 Å². The van der Waals surface area contributed by atoms with Crippen LogP contribution in [0.3, 0.4) is 0 Å². The van der Waals surface area contributed by atoms with E-state index >= 15 is 0 Å². The lowest BCUT2D eigenvalue weighted by Crippen LogP contribution is -2.51. The fourth-order valence-electron chi connectivity index (χ4n) is 5.73. The maximum atomic E-state index is 13.8. The molecule has 1 aliphatic rings. The Hall–Kier alpha value is -4.43. The molecule has 0 bridgehead atoms. The van der Waals surface area contributed by atoms with E-state index in [2.05, 4.69) is 62.5 Å². The standard InChI is InChI=1S/C30H27ClN6O2/c1-19-8-11-26-24(14-19)28(20(2)35-39)27-12-13-30(16-37(26)27,21-6-4-3-5-7-21)34-29(38)23-10-9-22(15-25(23)31)36-17-32-33-18-36/h3-11,14-15,17-18,39H,12-13,16H2,1-2H3,(H,34,38). The van der Waals surface area contributed by atoms with E-state index in [0.29, 0.717) is 35.7 Å². The van der Waals surface area contributed by atoms with Crippen molar-refractivity contribution in [2.24, 2.45) is 5.16 Å². The molecule has 0 saturated heterocycles. The minimum Gasteiger partial charge on any atom is -0.411 e. The quantitative estimate of drug-likeness (QED) is 0.171. The molecule has 0 fully saturated rings. The SMILES string of the molecule is CC(=NO)c1c2n(c3ccc(C)cc13)CC(NC(=O)c1ccc(-n3cnnc3)cc1Cl)(c1ccccc1)CC2. The smallest absolute Gasteiger partial charge is 0.253 e. The molecular weight excluding hydrogens is 512 g/mol. The summed E-state index contributed by atoms with van der Waals surface area (Å²) < 4.78 is 3.99. The van der Waals surface area contributed by atoms with Crippen LogP contribution in [0.1, 0.15) is 46.1 Å². The summed E-state index contributed by atoms with van der Waals surface area (Å²) in [5, 5.41) is 25.6. The number of carbonyl (C=O) groups is 1. The van der Waals surface area contributed by atoms with Crippen molar-refractivity contribution in [2.45, 2.75) is 38.8 Å². The highest BCUT2D eigenvalue weighted by molar-refractivity contribution is 6.34. The molecule has 1 amide bonds. The molecule has 8 nitrogen and oxygen atoms in total. The lowest BCUT2D eigenvalue weighted by atomic mass is 9.81. The van der Waals surface area contributed by atoms with Crippen LogP contribution >= 0.6 is 11.6 Å². The summed E-state index contributed by atoms with van der Waals surface area (Å²) in [5.41, 5.74) is 6.30. The van der Waals surface area contributed by atoms with E-state index in [1.807, 2.05) is 31.2 Å². The fraction of sp³-hybridized carbons (Fsp3) is 0.200. The Morgan fingerprint density at radius 3 is 2.56 bits per heavy atom. The third-order valence-corrected chi connectivity index (χ3v) is 7.96. The molecule has 0 aliphatic carbocycles. The third kappa shape index (κ3) is 4.27. The van der Waals surface area contributed by atoms with Gasteiger partial charge in [0.05, 0.1) is 28.4 Å². The normalized spacial score (nSPS) is 17.3. The molecule has 6 rings (SSSR count). The number of oxime groups is 1. The van der Waals surface area contributed by atoms with E-state index in [0.717, 1.165) is 39.0 Å². The lowest BCUT2D eigenvalue weighted by molar-refractivity contribution is 0.0868. The molecule has 0 saturated carbocycles. The van der Waals surface area contributed by atoms with E-state index in [4.69, 9.17) is 11.6 Å². The van der Waals surface area contributed by atoms with Crippen LogP contribution in [0, 0.1) is 6.92 Å². The van der Waals surface area contributed by atoms with Crippen LogP contribution in [0.2, 0.25) is 5.02 Å². The number of benzene rings is 3. The minimum absolute atomic E-state index is 0.247. The summed E-state index contributed by atoms with van der Waals surface area (Å²) in [6.07, 6.45) is 4.51. The van der Waals surface area contributed by atoms with Crippen molar-refractivity contribution >= 4 is 34.1 Å². The zero-order valence-electron chi connectivity index (χ0n) is 21.6. The number of hydrogen-bond donors (Lipinski definition) is 2. The molecule has 0 radical (unpaired) electrons. The van der Waals surface area contributed by atoms with Crippen molar-refractivity contribution in [3.05, 3.63) is 112 Å².